The average Bonchev–Trinajstić information content (AvgIpc) is 2.77. The molecule has 1 amide bonds. The van der Waals surface area contributed by atoms with Crippen LogP contribution in [0.15, 0.2) is 42.5 Å². The number of carbonyl (C=O) groups excluding carboxylic acids is 1. The highest BCUT2D eigenvalue weighted by Gasteiger charge is 2.32. The van der Waals surface area contributed by atoms with E-state index in [0.717, 1.165) is 11.3 Å². The number of nitrogens with zero attached hydrogens (tertiary/aromatic N) is 1. The molecule has 2 aromatic rings. The maximum Gasteiger partial charge on any atom is 0.223 e. The third-order valence-electron chi connectivity index (χ3n) is 5.66. The highest BCUT2D eigenvalue weighted by molar-refractivity contribution is 7.88. The first-order valence-corrected chi connectivity index (χ1v) is 12.6. The fourth-order valence-corrected chi connectivity index (χ4v) is 5.69. The summed E-state index contributed by atoms with van der Waals surface area (Å²) in [6, 6.07) is 11.5. The summed E-state index contributed by atoms with van der Waals surface area (Å²) in [5, 5.41) is 3.10. The van der Waals surface area contributed by atoms with Crippen molar-refractivity contribution < 1.29 is 22.3 Å². The zero-order valence-electron chi connectivity index (χ0n) is 18.2. The second-order valence-electron chi connectivity index (χ2n) is 7.86. The third-order valence-corrected chi connectivity index (χ3v) is 7.82. The average molecular weight is 483 g/mol. The number of benzene rings is 2. The summed E-state index contributed by atoms with van der Waals surface area (Å²) in [6.07, 6.45) is 0.818. The molecule has 3 rings (SSSR count). The predicted octanol–water partition coefficient (Wildman–Crippen LogP) is 4.30. The standard InChI is InChI=1S/C23H28ClFN2O4S/c1-3-31-19-9-7-17(8-10-19)16(2)26-23(28)18-11-13-27(14-12-18)32(29,30)15-20-21(24)5-4-6-22(20)25/h4-10,16,18H,3,11-15H2,1-2H3,(H,26,28)/t16-/m1/s1. The lowest BCUT2D eigenvalue weighted by molar-refractivity contribution is -0.126. The number of halogens is 2. The Hall–Kier alpha value is -2.16. The number of nitrogens with one attached hydrogen (secondary N) is 1. The maximum atomic E-state index is 14.0. The van der Waals surface area contributed by atoms with Gasteiger partial charge in [-0.25, -0.2) is 17.1 Å². The summed E-state index contributed by atoms with van der Waals surface area (Å²) in [4.78, 5) is 12.7. The number of amides is 1. The van der Waals surface area contributed by atoms with Crippen LogP contribution in [0.2, 0.25) is 5.02 Å². The summed E-state index contributed by atoms with van der Waals surface area (Å²) in [5.41, 5.74) is 0.932. The van der Waals surface area contributed by atoms with Crippen molar-refractivity contribution in [3.8, 4) is 5.75 Å². The zero-order chi connectivity index (χ0) is 23.3. The first-order valence-electron chi connectivity index (χ1n) is 10.6. The Morgan fingerprint density at radius 2 is 1.88 bits per heavy atom. The second-order valence-corrected chi connectivity index (χ2v) is 10.2. The van der Waals surface area contributed by atoms with E-state index in [4.69, 9.17) is 16.3 Å². The van der Waals surface area contributed by atoms with Crippen LogP contribution in [0.3, 0.4) is 0 Å². The molecule has 0 aliphatic carbocycles. The molecule has 1 fully saturated rings. The predicted molar refractivity (Wildman–Crippen MR) is 122 cm³/mol. The normalized spacial score (nSPS) is 16.5. The topological polar surface area (TPSA) is 75.7 Å². The molecule has 1 atom stereocenters. The van der Waals surface area contributed by atoms with Gasteiger partial charge in [0.2, 0.25) is 15.9 Å². The largest absolute Gasteiger partial charge is 0.494 e. The number of hydrogen-bond acceptors (Lipinski definition) is 4. The monoisotopic (exact) mass is 482 g/mol. The SMILES string of the molecule is CCOc1ccc([C@@H](C)NC(=O)C2CCN(S(=O)(=O)Cc3c(F)cccc3Cl)CC2)cc1. The first-order chi connectivity index (χ1) is 15.2. The fourth-order valence-electron chi connectivity index (χ4n) is 3.77. The van der Waals surface area contributed by atoms with Gasteiger partial charge in [0.1, 0.15) is 11.6 Å². The maximum absolute atomic E-state index is 14.0. The van der Waals surface area contributed by atoms with Crippen LogP contribution in [-0.4, -0.2) is 38.3 Å². The molecule has 1 heterocycles. The van der Waals surface area contributed by atoms with Crippen molar-refractivity contribution in [3.05, 3.63) is 64.4 Å². The molecule has 1 aliphatic heterocycles. The Balaban J connectivity index is 1.54. The van der Waals surface area contributed by atoms with E-state index in [1.54, 1.807) is 0 Å². The van der Waals surface area contributed by atoms with Gasteiger partial charge in [0.05, 0.1) is 18.4 Å². The molecule has 1 N–H and O–H groups in total. The van der Waals surface area contributed by atoms with Gasteiger partial charge in [0.25, 0.3) is 0 Å². The molecular weight excluding hydrogens is 455 g/mol. The van der Waals surface area contributed by atoms with Crippen molar-refractivity contribution in [1.82, 2.24) is 9.62 Å². The van der Waals surface area contributed by atoms with Crippen LogP contribution in [0.1, 0.15) is 43.9 Å². The first kappa shape index (κ1) is 24.5. The number of sulfonamides is 1. The van der Waals surface area contributed by atoms with Crippen molar-refractivity contribution in [1.29, 1.82) is 0 Å². The number of rotatable bonds is 8. The minimum atomic E-state index is -3.74. The van der Waals surface area contributed by atoms with Crippen molar-refractivity contribution in [2.75, 3.05) is 19.7 Å². The molecule has 0 aromatic heterocycles. The summed E-state index contributed by atoms with van der Waals surface area (Å²) in [6.45, 7) is 4.84. The Bertz CT molecular complexity index is 1020. The Labute approximate surface area is 193 Å². The second kappa shape index (κ2) is 10.6. The van der Waals surface area contributed by atoms with E-state index < -0.39 is 21.6 Å². The molecule has 0 bridgehead atoms. The molecule has 0 unspecified atom stereocenters. The van der Waals surface area contributed by atoms with Gasteiger partial charge in [0.15, 0.2) is 0 Å². The van der Waals surface area contributed by atoms with Gasteiger partial charge in [-0.3, -0.25) is 4.79 Å². The molecule has 0 spiro atoms. The molecule has 0 saturated carbocycles. The van der Waals surface area contributed by atoms with Crippen LogP contribution in [0.4, 0.5) is 4.39 Å². The summed E-state index contributed by atoms with van der Waals surface area (Å²) < 4.78 is 46.3. The molecular formula is C23H28ClFN2O4S. The number of ether oxygens (including phenoxy) is 1. The fraction of sp³-hybridized carbons (Fsp3) is 0.435. The van der Waals surface area contributed by atoms with Crippen molar-refractivity contribution in [2.45, 2.75) is 38.5 Å². The minimum Gasteiger partial charge on any atom is -0.494 e. The van der Waals surface area contributed by atoms with E-state index in [1.165, 1.54) is 22.5 Å². The van der Waals surface area contributed by atoms with Gasteiger partial charge in [-0.2, -0.15) is 0 Å². The van der Waals surface area contributed by atoms with E-state index in [9.17, 15) is 17.6 Å². The van der Waals surface area contributed by atoms with Crippen molar-refractivity contribution >= 4 is 27.5 Å². The van der Waals surface area contributed by atoms with Gasteiger partial charge >= 0.3 is 0 Å². The quantitative estimate of drug-likeness (QED) is 0.608. The summed E-state index contributed by atoms with van der Waals surface area (Å²) in [5.74, 6) is -0.729. The van der Waals surface area contributed by atoms with Crippen LogP contribution in [-0.2, 0) is 20.6 Å². The van der Waals surface area contributed by atoms with E-state index in [-0.39, 0.29) is 41.5 Å². The van der Waals surface area contributed by atoms with E-state index in [1.807, 2.05) is 38.1 Å². The molecule has 32 heavy (non-hydrogen) atoms. The molecule has 2 aromatic carbocycles. The molecule has 0 radical (unpaired) electrons. The van der Waals surface area contributed by atoms with Crippen molar-refractivity contribution in [2.24, 2.45) is 5.92 Å². The smallest absolute Gasteiger partial charge is 0.223 e. The van der Waals surface area contributed by atoms with Gasteiger partial charge in [-0.15, -0.1) is 0 Å². The Morgan fingerprint density at radius 1 is 1.22 bits per heavy atom. The molecule has 1 aliphatic rings. The highest BCUT2D eigenvalue weighted by Crippen LogP contribution is 2.26. The van der Waals surface area contributed by atoms with Crippen LogP contribution in [0.25, 0.3) is 0 Å². The molecule has 6 nitrogen and oxygen atoms in total. The molecule has 174 valence electrons. The van der Waals surface area contributed by atoms with Gasteiger partial charge < -0.3 is 10.1 Å². The van der Waals surface area contributed by atoms with Crippen LogP contribution < -0.4 is 10.1 Å². The number of hydrogen-bond donors (Lipinski definition) is 1. The molecule has 9 heteroatoms. The van der Waals surface area contributed by atoms with Crippen LogP contribution in [0, 0.1) is 11.7 Å². The van der Waals surface area contributed by atoms with Gasteiger partial charge in [-0.05, 0) is 56.5 Å². The zero-order valence-corrected chi connectivity index (χ0v) is 19.8. The van der Waals surface area contributed by atoms with Gasteiger partial charge in [-0.1, -0.05) is 29.8 Å². The van der Waals surface area contributed by atoms with Crippen LogP contribution in [0.5, 0.6) is 5.75 Å². The number of carbonyl (C=O) groups is 1. The lowest BCUT2D eigenvalue weighted by Crippen LogP contribution is -2.43. The third kappa shape index (κ3) is 5.99. The van der Waals surface area contributed by atoms with E-state index in [0.29, 0.717) is 19.4 Å². The number of piperidine rings is 1. The van der Waals surface area contributed by atoms with Gasteiger partial charge in [0, 0.05) is 29.6 Å². The summed E-state index contributed by atoms with van der Waals surface area (Å²) >= 11 is 5.98. The molecule has 1 saturated heterocycles. The lowest BCUT2D eigenvalue weighted by atomic mass is 9.96. The minimum absolute atomic E-state index is 0.0294. The van der Waals surface area contributed by atoms with E-state index >= 15 is 0 Å². The summed E-state index contributed by atoms with van der Waals surface area (Å²) in [7, 11) is -3.74. The van der Waals surface area contributed by atoms with Crippen molar-refractivity contribution in [3.63, 3.8) is 0 Å². The lowest BCUT2D eigenvalue weighted by Gasteiger charge is -2.31. The Kier molecular flexibility index (Phi) is 8.14. The Morgan fingerprint density at radius 3 is 2.47 bits per heavy atom. The highest BCUT2D eigenvalue weighted by atomic mass is 35.5. The van der Waals surface area contributed by atoms with Crippen LogP contribution >= 0.6 is 11.6 Å². The van der Waals surface area contributed by atoms with E-state index in [2.05, 4.69) is 5.32 Å².